The maximum Gasteiger partial charge on any atom is 0.223 e. The third-order valence-electron chi connectivity index (χ3n) is 5.97. The Labute approximate surface area is 166 Å². The number of rotatable bonds is 3. The number of nitrogens with zero attached hydrogens (tertiary/aromatic N) is 5. The second-order valence-corrected chi connectivity index (χ2v) is 7.40. The number of piperazine rings is 1. The Balaban J connectivity index is 0.00000182. The van der Waals surface area contributed by atoms with Crippen LogP contribution in [-0.4, -0.2) is 65.2 Å². The van der Waals surface area contributed by atoms with E-state index in [1.807, 2.05) is 7.05 Å². The van der Waals surface area contributed by atoms with Gasteiger partial charge in [-0.1, -0.05) is 11.6 Å². The minimum atomic E-state index is 0. The van der Waals surface area contributed by atoms with Gasteiger partial charge in [0, 0.05) is 46.2 Å². The third kappa shape index (κ3) is 4.10. The summed E-state index contributed by atoms with van der Waals surface area (Å²) >= 11 is 0. The van der Waals surface area contributed by atoms with E-state index in [1.165, 1.54) is 25.7 Å². The van der Waals surface area contributed by atoms with Gasteiger partial charge in [0.05, 0.1) is 6.54 Å². The van der Waals surface area contributed by atoms with Gasteiger partial charge in [-0.05, 0) is 31.1 Å². The zero-order valence-electron chi connectivity index (χ0n) is 15.1. The van der Waals surface area contributed by atoms with Crippen LogP contribution in [0.25, 0.3) is 0 Å². The van der Waals surface area contributed by atoms with Gasteiger partial charge in [-0.3, -0.25) is 9.89 Å². The zero-order valence-corrected chi connectivity index (χ0v) is 17.5. The van der Waals surface area contributed by atoms with Crippen molar-refractivity contribution in [3.8, 4) is 0 Å². The van der Waals surface area contributed by atoms with Gasteiger partial charge in [0.2, 0.25) is 5.89 Å². The predicted molar refractivity (Wildman–Crippen MR) is 107 cm³/mol. The third-order valence-corrected chi connectivity index (χ3v) is 5.97. The minimum Gasteiger partial charge on any atom is -0.349 e. The molecule has 3 fully saturated rings. The molecule has 8 heteroatoms. The van der Waals surface area contributed by atoms with Gasteiger partial charge >= 0.3 is 0 Å². The summed E-state index contributed by atoms with van der Waals surface area (Å²) in [6.07, 6.45) is 5.86. The van der Waals surface area contributed by atoms with Crippen LogP contribution in [-0.2, 0) is 6.54 Å². The van der Waals surface area contributed by atoms with Crippen molar-refractivity contribution < 1.29 is 4.52 Å². The first-order chi connectivity index (χ1) is 11.7. The van der Waals surface area contributed by atoms with Crippen LogP contribution in [0.3, 0.4) is 0 Å². The first-order valence-electron chi connectivity index (χ1n) is 9.21. The molecule has 25 heavy (non-hydrogen) atoms. The normalized spacial score (nSPS) is 29.8. The molecule has 3 atom stereocenters. The highest BCUT2D eigenvalue weighted by molar-refractivity contribution is 14.0. The molecule has 2 saturated carbocycles. The number of aliphatic imine (C=N–C) groups is 1. The quantitative estimate of drug-likeness (QED) is 0.422. The molecular weight excluding hydrogens is 431 g/mol. The van der Waals surface area contributed by atoms with Crippen molar-refractivity contribution >= 4 is 29.9 Å². The lowest BCUT2D eigenvalue weighted by Crippen LogP contribution is -2.55. The van der Waals surface area contributed by atoms with E-state index in [0.717, 1.165) is 50.0 Å². The predicted octanol–water partition coefficient (Wildman–Crippen LogP) is 1.88. The lowest BCUT2D eigenvalue weighted by molar-refractivity contribution is 0.0958. The van der Waals surface area contributed by atoms with E-state index < -0.39 is 0 Å². The molecule has 0 spiro atoms. The number of nitrogens with one attached hydrogen (secondary N) is 1. The molecule has 3 aliphatic rings. The van der Waals surface area contributed by atoms with E-state index in [-0.39, 0.29) is 24.0 Å². The summed E-state index contributed by atoms with van der Waals surface area (Å²) < 4.78 is 5.01. The summed E-state index contributed by atoms with van der Waals surface area (Å²) in [6, 6.07) is 0.850. The van der Waals surface area contributed by atoms with Crippen LogP contribution in [0.2, 0.25) is 0 Å². The number of halogens is 1. The highest BCUT2D eigenvalue weighted by atomic mass is 127. The number of fused-ring (bicyclic) bond motifs is 2. The Kier molecular flexibility index (Phi) is 6.19. The molecular formula is C17H29IN6O. The Hall–Kier alpha value is -0.900. The smallest absolute Gasteiger partial charge is 0.223 e. The van der Waals surface area contributed by atoms with E-state index in [4.69, 9.17) is 4.52 Å². The topological polar surface area (TPSA) is 69.8 Å². The molecule has 0 amide bonds. The summed E-state index contributed by atoms with van der Waals surface area (Å²) in [6.45, 7) is 6.74. The molecule has 7 nitrogen and oxygen atoms in total. The van der Waals surface area contributed by atoms with Crippen molar-refractivity contribution in [1.82, 2.24) is 25.3 Å². The van der Waals surface area contributed by atoms with Gasteiger partial charge in [-0.2, -0.15) is 4.98 Å². The molecule has 3 unspecified atom stereocenters. The highest BCUT2D eigenvalue weighted by Crippen LogP contribution is 2.46. The van der Waals surface area contributed by atoms with Crippen molar-refractivity contribution in [1.29, 1.82) is 0 Å². The van der Waals surface area contributed by atoms with Crippen molar-refractivity contribution in [3.63, 3.8) is 0 Å². The molecule has 0 aromatic carbocycles. The summed E-state index contributed by atoms with van der Waals surface area (Å²) in [4.78, 5) is 13.7. The maximum absolute atomic E-state index is 5.01. The van der Waals surface area contributed by atoms with E-state index in [2.05, 4.69) is 30.2 Å². The minimum absolute atomic E-state index is 0. The summed E-state index contributed by atoms with van der Waals surface area (Å²) in [7, 11) is 1.84. The first kappa shape index (κ1) is 18.9. The van der Waals surface area contributed by atoms with Crippen molar-refractivity contribution in [3.05, 3.63) is 11.7 Å². The molecule has 2 bridgehead atoms. The van der Waals surface area contributed by atoms with Crippen molar-refractivity contribution in [2.75, 3.05) is 33.2 Å². The Morgan fingerprint density at radius 3 is 2.60 bits per heavy atom. The van der Waals surface area contributed by atoms with Gasteiger partial charge in [-0.25, -0.2) is 0 Å². The van der Waals surface area contributed by atoms with Crippen molar-refractivity contribution in [2.24, 2.45) is 16.8 Å². The average molecular weight is 460 g/mol. The van der Waals surface area contributed by atoms with Crippen LogP contribution < -0.4 is 5.32 Å². The Morgan fingerprint density at radius 2 is 2.04 bits per heavy atom. The average Bonchev–Trinajstić information content (AvgIpc) is 3.33. The molecule has 2 heterocycles. The van der Waals surface area contributed by atoms with Gasteiger partial charge < -0.3 is 14.7 Å². The molecule has 1 N–H and O–H groups in total. The lowest BCUT2D eigenvalue weighted by atomic mass is 9.93. The standard InChI is InChI=1S/C17H28N6O.HI/c1-12-20-16(21-24-12)11-19-17(18-2)23-7-5-22(6-8-23)15-10-13-3-4-14(15)9-13;/h13-15H,3-11H2,1-2H3,(H,18,19);1H. The zero-order chi connectivity index (χ0) is 16.5. The number of hydrogen-bond acceptors (Lipinski definition) is 5. The molecule has 140 valence electrons. The van der Waals surface area contributed by atoms with E-state index in [1.54, 1.807) is 6.92 Å². The number of hydrogen-bond donors (Lipinski definition) is 1. The number of guanidine groups is 1. The monoisotopic (exact) mass is 460 g/mol. The molecule has 1 aromatic heterocycles. The second-order valence-electron chi connectivity index (χ2n) is 7.40. The maximum atomic E-state index is 5.01. The highest BCUT2D eigenvalue weighted by Gasteiger charge is 2.42. The molecule has 1 saturated heterocycles. The lowest BCUT2D eigenvalue weighted by Gasteiger charge is -2.41. The fraction of sp³-hybridized carbons (Fsp3) is 0.824. The Bertz CT molecular complexity index is 598. The SMILES string of the molecule is CN=C(NCc1noc(C)n1)N1CCN(C2CC3CCC2C3)CC1.I. The van der Waals surface area contributed by atoms with Crippen LogP contribution in [0.15, 0.2) is 9.52 Å². The fourth-order valence-corrected chi connectivity index (χ4v) is 4.83. The molecule has 0 radical (unpaired) electrons. The van der Waals surface area contributed by atoms with Crippen LogP contribution in [0, 0.1) is 18.8 Å². The summed E-state index contributed by atoms with van der Waals surface area (Å²) in [5, 5.41) is 7.28. The van der Waals surface area contributed by atoms with Crippen LogP contribution in [0.5, 0.6) is 0 Å². The fourth-order valence-electron chi connectivity index (χ4n) is 4.83. The molecule has 2 aliphatic carbocycles. The molecule has 1 aliphatic heterocycles. The molecule has 1 aromatic rings. The number of aryl methyl sites for hydroxylation is 1. The molecule has 4 rings (SSSR count). The number of aromatic nitrogens is 2. The van der Waals surface area contributed by atoms with E-state index >= 15 is 0 Å². The van der Waals surface area contributed by atoms with Crippen LogP contribution in [0.4, 0.5) is 0 Å². The van der Waals surface area contributed by atoms with Crippen LogP contribution >= 0.6 is 24.0 Å². The first-order valence-corrected chi connectivity index (χ1v) is 9.21. The van der Waals surface area contributed by atoms with Crippen LogP contribution in [0.1, 0.15) is 37.4 Å². The summed E-state index contributed by atoms with van der Waals surface area (Å²) in [5.74, 6) is 4.20. The Morgan fingerprint density at radius 1 is 1.24 bits per heavy atom. The largest absolute Gasteiger partial charge is 0.349 e. The summed E-state index contributed by atoms with van der Waals surface area (Å²) in [5.41, 5.74) is 0. The van der Waals surface area contributed by atoms with E-state index in [9.17, 15) is 0 Å². The van der Waals surface area contributed by atoms with Gasteiger partial charge in [0.1, 0.15) is 0 Å². The van der Waals surface area contributed by atoms with E-state index in [0.29, 0.717) is 18.3 Å². The van der Waals surface area contributed by atoms with Gasteiger partial charge in [0.15, 0.2) is 11.8 Å². The van der Waals surface area contributed by atoms with Crippen molar-refractivity contribution in [2.45, 2.75) is 45.2 Å². The van der Waals surface area contributed by atoms with Gasteiger partial charge in [0.25, 0.3) is 0 Å². The van der Waals surface area contributed by atoms with Gasteiger partial charge in [-0.15, -0.1) is 24.0 Å². The second kappa shape index (κ2) is 8.20.